The van der Waals surface area contributed by atoms with Crippen LogP contribution >= 0.6 is 0 Å². The summed E-state index contributed by atoms with van der Waals surface area (Å²) in [7, 11) is 1.61. The maximum atomic E-state index is 12.2. The molecule has 4 N–H and O–H groups in total. The summed E-state index contributed by atoms with van der Waals surface area (Å²) < 4.78 is 14.1. The summed E-state index contributed by atoms with van der Waals surface area (Å²) in [5, 5.41) is 10.8. The first-order valence-electron chi connectivity index (χ1n) is 13.2. The van der Waals surface area contributed by atoms with E-state index in [1.807, 2.05) is 29.1 Å². The molecule has 10 heteroatoms. The van der Waals surface area contributed by atoms with Crippen molar-refractivity contribution in [3.8, 4) is 16.9 Å². The molecule has 2 saturated carbocycles. The van der Waals surface area contributed by atoms with Crippen LogP contribution in [0, 0.1) is 5.92 Å². The van der Waals surface area contributed by atoms with Crippen molar-refractivity contribution in [2.45, 2.75) is 56.6 Å². The van der Waals surface area contributed by atoms with E-state index in [4.69, 9.17) is 20.3 Å². The lowest BCUT2D eigenvalue weighted by molar-refractivity contribution is -0.165. The molecule has 2 aliphatic carbocycles. The van der Waals surface area contributed by atoms with Crippen LogP contribution in [-0.4, -0.2) is 45.9 Å². The highest BCUT2D eigenvalue weighted by Gasteiger charge is 2.50. The number of hydrogen-bond acceptors (Lipinski definition) is 7. The van der Waals surface area contributed by atoms with Gasteiger partial charge in [-0.25, -0.2) is 4.98 Å². The number of aromatic nitrogens is 3. The predicted octanol–water partition coefficient (Wildman–Crippen LogP) is 4.42. The van der Waals surface area contributed by atoms with Gasteiger partial charge in [-0.2, -0.15) is 5.10 Å². The second-order valence-corrected chi connectivity index (χ2v) is 10.4. The molecule has 3 aromatic rings. The number of para-hydroxylation sites is 1. The number of nitrogens with two attached hydrogens (primary N) is 1. The Kier molecular flexibility index (Phi) is 6.27. The van der Waals surface area contributed by atoms with Gasteiger partial charge in [-0.3, -0.25) is 14.3 Å². The van der Waals surface area contributed by atoms with Gasteiger partial charge in [-0.1, -0.05) is 12.1 Å². The standard InChI is InChI=1S/C28H32N6O4/c1-37-25-19(18-14-31-34(16-18)23-9-11-28(23)10-2-3-12-38-28)5-4-6-21(25)32-22-13-24(30-15-20(22)26(29)35)33-27(36)17-7-8-17/h4-6,13-17,23H,2-3,7-12H2,1H3,(H2,29,35)(H2,30,32,33,36)/t23-,28+/m0/s1. The van der Waals surface area contributed by atoms with Crippen molar-refractivity contribution >= 4 is 29.0 Å². The number of primary amides is 1. The molecular formula is C28H32N6O4. The van der Waals surface area contributed by atoms with E-state index in [2.05, 4.69) is 21.8 Å². The van der Waals surface area contributed by atoms with Gasteiger partial charge >= 0.3 is 0 Å². The van der Waals surface area contributed by atoms with Crippen LogP contribution in [0.2, 0.25) is 0 Å². The predicted molar refractivity (Wildman–Crippen MR) is 142 cm³/mol. The Morgan fingerprint density at radius 3 is 2.71 bits per heavy atom. The monoisotopic (exact) mass is 516 g/mol. The first-order chi connectivity index (χ1) is 18.5. The lowest BCUT2D eigenvalue weighted by atomic mass is 9.70. The molecule has 1 spiro atoms. The molecule has 10 nitrogen and oxygen atoms in total. The molecule has 1 aliphatic heterocycles. The molecule has 2 aromatic heterocycles. The topological polar surface area (TPSA) is 133 Å². The van der Waals surface area contributed by atoms with Gasteiger partial charge in [0.1, 0.15) is 11.6 Å². The highest BCUT2D eigenvalue weighted by molar-refractivity contribution is 6.01. The number of carbonyl (C=O) groups excluding carboxylic acids is 2. The minimum atomic E-state index is -0.629. The van der Waals surface area contributed by atoms with Gasteiger partial charge in [0, 0.05) is 42.1 Å². The minimum Gasteiger partial charge on any atom is -0.494 e. The van der Waals surface area contributed by atoms with E-state index in [9.17, 15) is 9.59 Å². The van der Waals surface area contributed by atoms with Gasteiger partial charge in [0.05, 0.1) is 41.9 Å². The number of nitrogens with one attached hydrogen (secondary N) is 2. The summed E-state index contributed by atoms with van der Waals surface area (Å²) in [6, 6.07) is 7.60. The van der Waals surface area contributed by atoms with Crippen LogP contribution < -0.4 is 21.1 Å². The van der Waals surface area contributed by atoms with Crippen LogP contribution in [0.1, 0.15) is 61.3 Å². The van der Waals surface area contributed by atoms with Crippen molar-refractivity contribution in [3.05, 3.63) is 48.4 Å². The van der Waals surface area contributed by atoms with Crippen LogP contribution in [0.25, 0.3) is 11.1 Å². The van der Waals surface area contributed by atoms with Gasteiger partial charge < -0.3 is 25.8 Å². The number of anilines is 3. The SMILES string of the molecule is COc1c(Nc2cc(NC(=O)C3CC3)ncc2C(N)=O)cccc1-c1cnn([C@H]2CC[C@]23CCCCO3)c1. The molecule has 1 aromatic carbocycles. The van der Waals surface area contributed by atoms with E-state index in [-0.39, 0.29) is 29.0 Å². The van der Waals surface area contributed by atoms with Gasteiger partial charge in [0.2, 0.25) is 5.91 Å². The van der Waals surface area contributed by atoms with Crippen molar-refractivity contribution < 1.29 is 19.1 Å². The summed E-state index contributed by atoms with van der Waals surface area (Å²) in [4.78, 5) is 28.6. The molecular weight excluding hydrogens is 484 g/mol. The third-order valence-corrected chi connectivity index (χ3v) is 7.92. The van der Waals surface area contributed by atoms with E-state index in [0.29, 0.717) is 22.9 Å². The molecule has 2 amide bonds. The van der Waals surface area contributed by atoms with Crippen molar-refractivity contribution in [2.75, 3.05) is 24.4 Å². The second-order valence-electron chi connectivity index (χ2n) is 10.4. The molecule has 2 atom stereocenters. The lowest BCUT2D eigenvalue weighted by Gasteiger charge is -2.51. The summed E-state index contributed by atoms with van der Waals surface area (Å²) >= 11 is 0. The number of benzene rings is 1. The van der Waals surface area contributed by atoms with Crippen LogP contribution in [0.5, 0.6) is 5.75 Å². The molecule has 198 valence electrons. The van der Waals surface area contributed by atoms with Gasteiger partial charge in [-0.15, -0.1) is 0 Å². The van der Waals surface area contributed by atoms with Crippen molar-refractivity contribution in [3.63, 3.8) is 0 Å². The summed E-state index contributed by atoms with van der Waals surface area (Å²) in [5.74, 6) is 0.279. The van der Waals surface area contributed by atoms with E-state index in [1.54, 1.807) is 13.2 Å². The molecule has 3 aliphatic rings. The maximum absolute atomic E-state index is 12.2. The molecule has 0 unspecified atom stereocenters. The Balaban J connectivity index is 1.29. The number of hydrogen-bond donors (Lipinski definition) is 3. The summed E-state index contributed by atoms with van der Waals surface area (Å²) in [5.41, 5.74) is 8.58. The quantitative estimate of drug-likeness (QED) is 0.404. The summed E-state index contributed by atoms with van der Waals surface area (Å²) in [6.07, 6.45) is 12.6. The van der Waals surface area contributed by atoms with Crippen LogP contribution in [0.3, 0.4) is 0 Å². The highest BCUT2D eigenvalue weighted by atomic mass is 16.5. The first-order valence-corrected chi connectivity index (χ1v) is 13.2. The van der Waals surface area contributed by atoms with Crippen molar-refractivity contribution in [2.24, 2.45) is 11.7 Å². The van der Waals surface area contributed by atoms with E-state index in [1.165, 1.54) is 12.6 Å². The van der Waals surface area contributed by atoms with Crippen LogP contribution in [0.4, 0.5) is 17.2 Å². The number of methoxy groups -OCH3 is 1. The number of rotatable bonds is 8. The lowest BCUT2D eigenvalue weighted by Crippen LogP contribution is -2.52. The number of ether oxygens (including phenoxy) is 2. The van der Waals surface area contributed by atoms with Gasteiger partial charge in [0.25, 0.3) is 5.91 Å². The van der Waals surface area contributed by atoms with E-state index >= 15 is 0 Å². The average molecular weight is 517 g/mol. The normalized spacial score (nSPS) is 22.5. The Morgan fingerprint density at radius 2 is 2.03 bits per heavy atom. The van der Waals surface area contributed by atoms with Crippen molar-refractivity contribution in [1.29, 1.82) is 0 Å². The fraction of sp³-hybridized carbons (Fsp3) is 0.429. The maximum Gasteiger partial charge on any atom is 0.252 e. The smallest absolute Gasteiger partial charge is 0.252 e. The molecule has 1 saturated heterocycles. The zero-order chi connectivity index (χ0) is 26.3. The molecule has 38 heavy (non-hydrogen) atoms. The number of amides is 2. The van der Waals surface area contributed by atoms with Crippen molar-refractivity contribution in [1.82, 2.24) is 14.8 Å². The number of carbonyl (C=O) groups is 2. The molecule has 0 radical (unpaired) electrons. The minimum absolute atomic E-state index is 0.0289. The largest absolute Gasteiger partial charge is 0.494 e. The Morgan fingerprint density at radius 1 is 1.16 bits per heavy atom. The molecule has 3 fully saturated rings. The fourth-order valence-corrected chi connectivity index (χ4v) is 5.58. The van der Waals surface area contributed by atoms with Crippen LogP contribution in [0.15, 0.2) is 42.9 Å². The Labute approximate surface area is 220 Å². The molecule has 6 rings (SSSR count). The third-order valence-electron chi connectivity index (χ3n) is 7.92. The Hall–Kier alpha value is -3.92. The van der Waals surface area contributed by atoms with Gasteiger partial charge in [-0.05, 0) is 51.0 Å². The first kappa shape index (κ1) is 24.4. The third kappa shape index (κ3) is 4.49. The average Bonchev–Trinajstić information content (AvgIpc) is 3.67. The van der Waals surface area contributed by atoms with Crippen LogP contribution in [-0.2, 0) is 9.53 Å². The molecule has 3 heterocycles. The zero-order valence-corrected chi connectivity index (χ0v) is 21.4. The second kappa shape index (κ2) is 9.75. The Bertz CT molecular complexity index is 1380. The molecule has 0 bridgehead atoms. The highest BCUT2D eigenvalue weighted by Crippen LogP contribution is 2.50. The van der Waals surface area contributed by atoms with E-state index in [0.717, 1.165) is 56.3 Å². The fourth-order valence-electron chi connectivity index (χ4n) is 5.58. The number of nitrogens with zero attached hydrogens (tertiary/aromatic N) is 3. The van der Waals surface area contributed by atoms with E-state index < -0.39 is 5.91 Å². The zero-order valence-electron chi connectivity index (χ0n) is 21.4. The number of pyridine rings is 1. The van der Waals surface area contributed by atoms with Gasteiger partial charge in [0.15, 0.2) is 0 Å². The summed E-state index contributed by atoms with van der Waals surface area (Å²) in [6.45, 7) is 0.820.